The molecule has 126 valence electrons. The molecular formula is C18H20N2O3S. The van der Waals surface area contributed by atoms with Gasteiger partial charge in [0.2, 0.25) is 0 Å². The Bertz CT molecular complexity index is 783. The summed E-state index contributed by atoms with van der Waals surface area (Å²) >= 11 is 1.14. The van der Waals surface area contributed by atoms with Gasteiger partial charge >= 0.3 is 5.97 Å². The Hall–Kier alpha value is -2.21. The van der Waals surface area contributed by atoms with Gasteiger partial charge in [0.1, 0.15) is 4.88 Å². The first-order valence-corrected chi connectivity index (χ1v) is 8.98. The van der Waals surface area contributed by atoms with Gasteiger partial charge in [-0.2, -0.15) is 0 Å². The van der Waals surface area contributed by atoms with Crippen molar-refractivity contribution in [3.8, 4) is 0 Å². The molecule has 0 spiro atoms. The zero-order chi connectivity index (χ0) is 17.1. The van der Waals surface area contributed by atoms with Crippen molar-refractivity contribution in [3.05, 3.63) is 45.5 Å². The summed E-state index contributed by atoms with van der Waals surface area (Å²) in [6.45, 7) is 3.80. The van der Waals surface area contributed by atoms with Crippen LogP contribution in [0.3, 0.4) is 0 Å². The molecule has 2 aromatic rings. The lowest BCUT2D eigenvalue weighted by Gasteiger charge is -2.16. The van der Waals surface area contributed by atoms with Crippen molar-refractivity contribution >= 4 is 28.3 Å². The zero-order valence-corrected chi connectivity index (χ0v) is 14.7. The highest BCUT2D eigenvalue weighted by molar-refractivity contribution is 7.17. The molecule has 0 saturated carbocycles. The number of nitrogens with one attached hydrogen (secondary N) is 1. The van der Waals surface area contributed by atoms with Crippen LogP contribution in [0, 0.1) is 6.92 Å². The van der Waals surface area contributed by atoms with Gasteiger partial charge in [-0.25, -0.2) is 9.78 Å². The molecule has 0 saturated heterocycles. The monoisotopic (exact) mass is 344 g/mol. The number of amides is 1. The second-order valence-corrected chi connectivity index (χ2v) is 6.80. The van der Waals surface area contributed by atoms with Crippen LogP contribution in [-0.2, 0) is 17.6 Å². The highest BCUT2D eigenvalue weighted by Crippen LogP contribution is 2.25. The summed E-state index contributed by atoms with van der Waals surface area (Å²) in [6.07, 6.45) is 4.51. The number of carbonyl (C=O) groups excluding carboxylic acids is 2. The Morgan fingerprint density at radius 1 is 1.25 bits per heavy atom. The van der Waals surface area contributed by atoms with Crippen LogP contribution in [-0.4, -0.2) is 23.5 Å². The van der Waals surface area contributed by atoms with Gasteiger partial charge in [-0.1, -0.05) is 17.4 Å². The summed E-state index contributed by atoms with van der Waals surface area (Å²) in [4.78, 5) is 29.0. The lowest BCUT2D eigenvalue weighted by molar-refractivity contribution is 0.0531. The predicted octanol–water partition coefficient (Wildman–Crippen LogP) is 3.76. The number of aryl methyl sites for hydroxylation is 3. The lowest BCUT2D eigenvalue weighted by atomic mass is 9.90. The summed E-state index contributed by atoms with van der Waals surface area (Å²) < 4.78 is 4.99. The highest BCUT2D eigenvalue weighted by atomic mass is 32.1. The number of fused-ring (bicyclic) bond motifs is 1. The Morgan fingerprint density at radius 3 is 2.75 bits per heavy atom. The van der Waals surface area contributed by atoms with Gasteiger partial charge in [0, 0.05) is 5.56 Å². The van der Waals surface area contributed by atoms with E-state index in [1.807, 2.05) is 18.2 Å². The van der Waals surface area contributed by atoms with E-state index >= 15 is 0 Å². The van der Waals surface area contributed by atoms with Crippen LogP contribution in [0.5, 0.6) is 0 Å². The maximum Gasteiger partial charge on any atom is 0.350 e. The number of hydrogen-bond acceptors (Lipinski definition) is 5. The van der Waals surface area contributed by atoms with Crippen molar-refractivity contribution in [2.75, 3.05) is 11.9 Å². The fourth-order valence-electron chi connectivity index (χ4n) is 2.88. The van der Waals surface area contributed by atoms with Gasteiger partial charge in [-0.3, -0.25) is 10.1 Å². The minimum absolute atomic E-state index is 0.201. The first-order valence-electron chi connectivity index (χ1n) is 8.16. The standard InChI is InChI=1S/C18H20N2O3S/c1-3-23-17(22)15-11(2)19-18(24-15)20-16(21)14-9-8-12-6-4-5-7-13(12)10-14/h8-10H,3-7H2,1-2H3,(H,19,20,21). The second-order valence-electron chi connectivity index (χ2n) is 5.80. The summed E-state index contributed by atoms with van der Waals surface area (Å²) in [5, 5.41) is 3.20. The second kappa shape index (κ2) is 7.13. The van der Waals surface area contributed by atoms with Gasteiger partial charge in [0.15, 0.2) is 5.13 Å². The number of thiazole rings is 1. The summed E-state index contributed by atoms with van der Waals surface area (Å²) in [6, 6.07) is 5.86. The molecular weight excluding hydrogens is 324 g/mol. The van der Waals surface area contributed by atoms with Crippen LogP contribution >= 0.6 is 11.3 Å². The molecule has 6 heteroatoms. The normalized spacial score (nSPS) is 13.2. The van der Waals surface area contributed by atoms with Crippen molar-refractivity contribution in [2.45, 2.75) is 39.5 Å². The van der Waals surface area contributed by atoms with E-state index in [0.29, 0.717) is 27.9 Å². The third kappa shape index (κ3) is 3.48. The Balaban J connectivity index is 1.75. The van der Waals surface area contributed by atoms with E-state index in [0.717, 1.165) is 24.2 Å². The molecule has 1 N–H and O–H groups in total. The average molecular weight is 344 g/mol. The first kappa shape index (κ1) is 16.6. The molecule has 0 bridgehead atoms. The van der Waals surface area contributed by atoms with Crippen molar-refractivity contribution in [1.29, 1.82) is 0 Å². The average Bonchev–Trinajstić information content (AvgIpc) is 2.95. The number of hydrogen-bond donors (Lipinski definition) is 1. The fraction of sp³-hybridized carbons (Fsp3) is 0.389. The number of anilines is 1. The topological polar surface area (TPSA) is 68.3 Å². The minimum Gasteiger partial charge on any atom is -0.462 e. The Kier molecular flexibility index (Phi) is 4.94. The largest absolute Gasteiger partial charge is 0.462 e. The molecule has 0 fully saturated rings. The molecule has 0 aliphatic heterocycles. The number of carbonyl (C=O) groups is 2. The van der Waals surface area contributed by atoms with Crippen LogP contribution < -0.4 is 5.32 Å². The molecule has 24 heavy (non-hydrogen) atoms. The molecule has 0 atom stereocenters. The number of rotatable bonds is 4. The molecule has 0 unspecified atom stereocenters. The third-order valence-corrected chi connectivity index (χ3v) is 5.14. The van der Waals surface area contributed by atoms with Crippen molar-refractivity contribution < 1.29 is 14.3 Å². The summed E-state index contributed by atoms with van der Waals surface area (Å²) in [7, 11) is 0. The molecule has 3 rings (SSSR count). The highest BCUT2D eigenvalue weighted by Gasteiger charge is 2.18. The Morgan fingerprint density at radius 2 is 2.00 bits per heavy atom. The third-order valence-electron chi connectivity index (χ3n) is 4.09. The maximum absolute atomic E-state index is 12.5. The van der Waals surface area contributed by atoms with Crippen LogP contribution in [0.25, 0.3) is 0 Å². The molecule has 1 aliphatic carbocycles. The predicted molar refractivity (Wildman–Crippen MR) is 93.8 cm³/mol. The van der Waals surface area contributed by atoms with E-state index in [2.05, 4.69) is 10.3 Å². The quantitative estimate of drug-likeness (QED) is 0.858. The van der Waals surface area contributed by atoms with Gasteiger partial charge in [0.05, 0.1) is 12.3 Å². The smallest absolute Gasteiger partial charge is 0.350 e. The summed E-state index contributed by atoms with van der Waals surface area (Å²) in [5.74, 6) is -0.602. The van der Waals surface area contributed by atoms with Gasteiger partial charge in [0.25, 0.3) is 5.91 Å². The van der Waals surface area contributed by atoms with Gasteiger partial charge in [-0.15, -0.1) is 0 Å². The number of nitrogens with zero attached hydrogens (tertiary/aromatic N) is 1. The lowest BCUT2D eigenvalue weighted by Crippen LogP contribution is -2.13. The number of esters is 1. The van der Waals surface area contributed by atoms with Gasteiger partial charge < -0.3 is 4.74 Å². The Labute approximate surface area is 145 Å². The van der Waals surface area contributed by atoms with Gasteiger partial charge in [-0.05, 0) is 62.8 Å². The number of benzene rings is 1. The molecule has 1 heterocycles. The van der Waals surface area contributed by atoms with E-state index in [-0.39, 0.29) is 5.91 Å². The van der Waals surface area contributed by atoms with Crippen LogP contribution in [0.1, 0.15) is 56.6 Å². The van der Waals surface area contributed by atoms with E-state index in [1.165, 1.54) is 24.0 Å². The minimum atomic E-state index is -0.401. The van der Waals surface area contributed by atoms with Crippen molar-refractivity contribution in [3.63, 3.8) is 0 Å². The zero-order valence-electron chi connectivity index (χ0n) is 13.8. The SMILES string of the molecule is CCOC(=O)c1sc(NC(=O)c2ccc3c(c2)CCCC3)nc1C. The van der Waals surface area contributed by atoms with E-state index in [4.69, 9.17) is 4.74 Å². The van der Waals surface area contributed by atoms with E-state index in [9.17, 15) is 9.59 Å². The maximum atomic E-state index is 12.5. The molecule has 5 nitrogen and oxygen atoms in total. The van der Waals surface area contributed by atoms with Crippen LogP contribution in [0.4, 0.5) is 5.13 Å². The van der Waals surface area contributed by atoms with Crippen molar-refractivity contribution in [2.24, 2.45) is 0 Å². The fourth-order valence-corrected chi connectivity index (χ4v) is 3.74. The first-order chi connectivity index (χ1) is 11.6. The number of ether oxygens (including phenoxy) is 1. The molecule has 0 radical (unpaired) electrons. The van der Waals surface area contributed by atoms with Crippen LogP contribution in [0.15, 0.2) is 18.2 Å². The molecule has 1 aliphatic rings. The number of aromatic nitrogens is 1. The molecule has 1 amide bonds. The molecule has 1 aromatic carbocycles. The van der Waals surface area contributed by atoms with Crippen LogP contribution in [0.2, 0.25) is 0 Å². The summed E-state index contributed by atoms with van der Waals surface area (Å²) in [5.41, 5.74) is 3.80. The molecule has 1 aromatic heterocycles. The van der Waals surface area contributed by atoms with E-state index < -0.39 is 5.97 Å². The van der Waals surface area contributed by atoms with E-state index in [1.54, 1.807) is 13.8 Å². The van der Waals surface area contributed by atoms with Crippen molar-refractivity contribution in [1.82, 2.24) is 4.98 Å².